The fourth-order valence-corrected chi connectivity index (χ4v) is 1.62. The van der Waals surface area contributed by atoms with Crippen molar-refractivity contribution in [2.24, 2.45) is 0 Å². The first-order chi connectivity index (χ1) is 8.10. The summed E-state index contributed by atoms with van der Waals surface area (Å²) in [6, 6.07) is -0.0735. The fraction of sp³-hybridized carbons (Fsp3) is 0.500. The van der Waals surface area contributed by atoms with Crippen LogP contribution >= 0.6 is 11.6 Å². The Kier molecular flexibility index (Phi) is 3.14. The second-order valence-corrected chi connectivity index (χ2v) is 3.77. The van der Waals surface area contributed by atoms with Gasteiger partial charge in [-0.2, -0.15) is 0 Å². The Bertz CT molecular complexity index is 460. The number of carbonyl (C=O) groups excluding carboxylic acids is 1. The summed E-state index contributed by atoms with van der Waals surface area (Å²) in [7, 11) is 0. The van der Waals surface area contributed by atoms with Crippen molar-refractivity contribution in [1.29, 1.82) is 0 Å². The molecule has 1 aliphatic heterocycles. The van der Waals surface area contributed by atoms with E-state index in [2.05, 4.69) is 10.3 Å². The van der Waals surface area contributed by atoms with Gasteiger partial charge >= 0.3 is 11.8 Å². The van der Waals surface area contributed by atoms with Gasteiger partial charge in [0.2, 0.25) is 5.91 Å². The van der Waals surface area contributed by atoms with Crippen LogP contribution in [0.1, 0.15) is 0 Å². The predicted molar refractivity (Wildman–Crippen MR) is 57.0 cm³/mol. The first-order valence-electron chi connectivity index (χ1n) is 4.80. The van der Waals surface area contributed by atoms with E-state index in [1.54, 1.807) is 0 Å². The largest absolute Gasteiger partial charge is 0.444 e. The van der Waals surface area contributed by atoms with E-state index in [0.29, 0.717) is 6.54 Å². The Balaban J connectivity index is 2.08. The van der Waals surface area contributed by atoms with Crippen LogP contribution in [0, 0.1) is 10.1 Å². The standard InChI is InChI=1S/C8H9ClN4O4/c9-1-7(14)10-5-2-12-3-6(13(15)16)11-8(12)17-4-5/h3,5H,1-2,4H2,(H,10,14)/t5-/m0/s1. The smallest absolute Gasteiger partial charge is 0.414 e. The zero-order valence-electron chi connectivity index (χ0n) is 8.63. The molecule has 17 heavy (non-hydrogen) atoms. The van der Waals surface area contributed by atoms with Crippen molar-refractivity contribution < 1.29 is 14.5 Å². The lowest BCUT2D eigenvalue weighted by molar-refractivity contribution is -0.389. The molecule has 0 aliphatic carbocycles. The molecule has 1 aromatic heterocycles. The van der Waals surface area contributed by atoms with Gasteiger partial charge < -0.3 is 20.2 Å². The average molecular weight is 261 g/mol. The Morgan fingerprint density at radius 2 is 2.59 bits per heavy atom. The molecule has 1 aliphatic rings. The molecule has 0 unspecified atom stereocenters. The molecule has 1 aromatic rings. The normalized spacial score (nSPS) is 18.1. The van der Waals surface area contributed by atoms with Gasteiger partial charge in [0.05, 0.1) is 12.6 Å². The van der Waals surface area contributed by atoms with Crippen LogP contribution in [-0.2, 0) is 11.3 Å². The van der Waals surface area contributed by atoms with Gasteiger partial charge in [-0.3, -0.25) is 9.36 Å². The molecule has 8 nitrogen and oxygen atoms in total. The molecule has 9 heteroatoms. The van der Waals surface area contributed by atoms with Crippen molar-refractivity contribution >= 4 is 23.3 Å². The Morgan fingerprint density at radius 1 is 1.82 bits per heavy atom. The van der Waals surface area contributed by atoms with Gasteiger partial charge in [0, 0.05) is 4.98 Å². The number of hydrogen-bond donors (Lipinski definition) is 1. The molecule has 0 saturated heterocycles. The quantitative estimate of drug-likeness (QED) is 0.465. The van der Waals surface area contributed by atoms with Crippen LogP contribution in [-0.4, -0.2) is 38.9 Å². The zero-order chi connectivity index (χ0) is 12.4. The van der Waals surface area contributed by atoms with Crippen molar-refractivity contribution in [3.8, 4) is 6.01 Å². The molecule has 0 aromatic carbocycles. The number of nitrogens with zero attached hydrogens (tertiary/aromatic N) is 3. The van der Waals surface area contributed by atoms with Gasteiger partial charge in [0.15, 0.2) is 0 Å². The summed E-state index contributed by atoms with van der Waals surface area (Å²) in [6.07, 6.45) is 1.27. The molecule has 1 amide bonds. The molecule has 1 atom stereocenters. The lowest BCUT2D eigenvalue weighted by atomic mass is 10.3. The van der Waals surface area contributed by atoms with E-state index in [0.717, 1.165) is 0 Å². The molecule has 0 fully saturated rings. The molecule has 0 saturated carbocycles. The molecule has 1 N–H and O–H groups in total. The van der Waals surface area contributed by atoms with E-state index >= 15 is 0 Å². The number of alkyl halides is 1. The number of hydrogen-bond acceptors (Lipinski definition) is 5. The number of imidazole rings is 1. The average Bonchev–Trinajstić information content (AvgIpc) is 2.72. The number of rotatable bonds is 3. The number of ether oxygens (including phenoxy) is 1. The summed E-state index contributed by atoms with van der Waals surface area (Å²) >= 11 is 5.36. The van der Waals surface area contributed by atoms with E-state index in [4.69, 9.17) is 16.3 Å². The summed E-state index contributed by atoms with van der Waals surface area (Å²) in [5, 5.41) is 13.1. The second-order valence-electron chi connectivity index (χ2n) is 3.50. The van der Waals surface area contributed by atoms with Crippen LogP contribution in [0.2, 0.25) is 0 Å². The minimum Gasteiger partial charge on any atom is -0.444 e. The highest BCUT2D eigenvalue weighted by molar-refractivity contribution is 6.27. The number of nitro groups is 1. The van der Waals surface area contributed by atoms with Gasteiger partial charge in [-0.05, 0) is 4.92 Å². The van der Waals surface area contributed by atoms with Gasteiger partial charge in [-0.25, -0.2) is 0 Å². The molecule has 2 rings (SSSR count). The van der Waals surface area contributed by atoms with Crippen LogP contribution in [0.5, 0.6) is 6.01 Å². The Hall–Kier alpha value is -1.83. The number of aromatic nitrogens is 2. The van der Waals surface area contributed by atoms with Crippen molar-refractivity contribution in [3.63, 3.8) is 0 Å². The third-order valence-electron chi connectivity index (χ3n) is 2.23. The van der Waals surface area contributed by atoms with E-state index in [-0.39, 0.29) is 36.3 Å². The molecular formula is C8H9ClN4O4. The molecule has 0 spiro atoms. The molecule has 0 bridgehead atoms. The minimum atomic E-state index is -0.596. The van der Waals surface area contributed by atoms with Gasteiger partial charge in [0.1, 0.15) is 18.7 Å². The van der Waals surface area contributed by atoms with E-state index in [1.807, 2.05) is 0 Å². The highest BCUT2D eigenvalue weighted by atomic mass is 35.5. The van der Waals surface area contributed by atoms with Crippen LogP contribution in [0.4, 0.5) is 5.82 Å². The lowest BCUT2D eigenvalue weighted by Gasteiger charge is -2.22. The van der Waals surface area contributed by atoms with Crippen LogP contribution in [0.3, 0.4) is 0 Å². The molecule has 92 valence electrons. The lowest BCUT2D eigenvalue weighted by Crippen LogP contribution is -2.45. The van der Waals surface area contributed by atoms with Crippen LogP contribution in [0.15, 0.2) is 6.20 Å². The van der Waals surface area contributed by atoms with Crippen molar-refractivity contribution in [2.75, 3.05) is 12.5 Å². The first-order valence-corrected chi connectivity index (χ1v) is 5.33. The molecular weight excluding hydrogens is 252 g/mol. The summed E-state index contributed by atoms with van der Waals surface area (Å²) in [4.78, 5) is 24.7. The topological polar surface area (TPSA) is 99.3 Å². The van der Waals surface area contributed by atoms with Crippen LogP contribution in [0.25, 0.3) is 0 Å². The number of amides is 1. The van der Waals surface area contributed by atoms with E-state index in [1.165, 1.54) is 10.8 Å². The van der Waals surface area contributed by atoms with Gasteiger partial charge in [0.25, 0.3) is 0 Å². The van der Waals surface area contributed by atoms with Gasteiger partial charge in [-0.1, -0.05) is 0 Å². The maximum absolute atomic E-state index is 11.1. The molecule has 0 radical (unpaired) electrons. The number of halogens is 1. The minimum absolute atomic E-state index is 0.132. The number of fused-ring (bicyclic) bond motifs is 1. The van der Waals surface area contributed by atoms with E-state index < -0.39 is 4.92 Å². The van der Waals surface area contributed by atoms with Crippen molar-refractivity contribution in [3.05, 3.63) is 16.3 Å². The predicted octanol–water partition coefficient (Wildman–Crippen LogP) is -0.0927. The third kappa shape index (κ3) is 2.47. The highest BCUT2D eigenvalue weighted by Crippen LogP contribution is 2.21. The Labute approximate surface area is 101 Å². The molecule has 2 heterocycles. The third-order valence-corrected chi connectivity index (χ3v) is 2.47. The van der Waals surface area contributed by atoms with Crippen molar-refractivity contribution in [1.82, 2.24) is 14.9 Å². The summed E-state index contributed by atoms with van der Waals surface area (Å²) < 4.78 is 6.69. The Morgan fingerprint density at radius 3 is 3.24 bits per heavy atom. The summed E-state index contributed by atoms with van der Waals surface area (Å²) in [5.41, 5.74) is 0. The SMILES string of the molecule is O=C(CCl)N[C@@H]1COc2nc([N+](=O)[O-])cn2C1. The maximum atomic E-state index is 11.1. The monoisotopic (exact) mass is 260 g/mol. The number of carbonyl (C=O) groups is 1. The number of nitrogens with one attached hydrogen (secondary N) is 1. The maximum Gasteiger partial charge on any atom is 0.414 e. The van der Waals surface area contributed by atoms with Crippen LogP contribution < -0.4 is 10.1 Å². The zero-order valence-corrected chi connectivity index (χ0v) is 9.38. The fourth-order valence-electron chi connectivity index (χ4n) is 1.54. The summed E-state index contributed by atoms with van der Waals surface area (Å²) in [6.45, 7) is 0.593. The van der Waals surface area contributed by atoms with Crippen molar-refractivity contribution in [2.45, 2.75) is 12.6 Å². The first kappa shape index (κ1) is 11.6. The van der Waals surface area contributed by atoms with E-state index in [9.17, 15) is 14.9 Å². The second kappa shape index (κ2) is 4.58. The summed E-state index contributed by atoms with van der Waals surface area (Å²) in [5.74, 6) is -0.712. The van der Waals surface area contributed by atoms with Gasteiger partial charge in [-0.15, -0.1) is 11.6 Å². The highest BCUT2D eigenvalue weighted by Gasteiger charge is 2.28.